The minimum Gasteiger partial charge on any atom is -0.372 e. The molecule has 2 saturated heterocycles. The molecule has 0 radical (unpaired) electrons. The highest BCUT2D eigenvalue weighted by Crippen LogP contribution is 2.39. The highest BCUT2D eigenvalue weighted by molar-refractivity contribution is 5.93. The number of amides is 2. The highest BCUT2D eigenvalue weighted by atomic mass is 19.4. The molecule has 186 valence electrons. The van der Waals surface area contributed by atoms with Gasteiger partial charge in [0, 0.05) is 44.6 Å². The largest absolute Gasteiger partial charge is 0.417 e. The molecule has 2 aliphatic heterocycles. The molecule has 0 unspecified atom stereocenters. The van der Waals surface area contributed by atoms with Crippen molar-refractivity contribution >= 4 is 17.5 Å². The molecule has 2 N–H and O–H groups in total. The molecule has 2 fully saturated rings. The second kappa shape index (κ2) is 9.98. The molecule has 1 aromatic carbocycles. The zero-order chi connectivity index (χ0) is 25.2. The Morgan fingerprint density at radius 1 is 1.23 bits per heavy atom. The first kappa shape index (κ1) is 24.6. The van der Waals surface area contributed by atoms with Crippen LogP contribution in [0.5, 0.6) is 0 Å². The zero-order valence-corrected chi connectivity index (χ0v) is 19.3. The number of rotatable bonds is 5. The number of alkyl halides is 3. The van der Waals surface area contributed by atoms with Gasteiger partial charge in [-0.3, -0.25) is 14.7 Å². The number of nitriles is 1. The molecule has 0 spiro atoms. The van der Waals surface area contributed by atoms with Gasteiger partial charge in [0.05, 0.1) is 23.1 Å². The molecule has 2 aromatic rings. The number of hydrogen-bond donors (Lipinski definition) is 2. The monoisotopic (exact) mass is 488 g/mol. The maximum atomic E-state index is 13.4. The summed E-state index contributed by atoms with van der Waals surface area (Å²) in [5.41, 5.74) is -0.525. The van der Waals surface area contributed by atoms with Crippen molar-refractivity contribution in [3.05, 3.63) is 47.3 Å². The van der Waals surface area contributed by atoms with E-state index in [0.29, 0.717) is 56.9 Å². The van der Waals surface area contributed by atoms with E-state index in [-0.39, 0.29) is 29.6 Å². The number of benzene rings is 1. The van der Waals surface area contributed by atoms with E-state index in [9.17, 15) is 22.8 Å². The Bertz CT molecular complexity index is 1100. The lowest BCUT2D eigenvalue weighted by Crippen LogP contribution is -2.41. The van der Waals surface area contributed by atoms with E-state index >= 15 is 0 Å². The summed E-state index contributed by atoms with van der Waals surface area (Å²) in [4.78, 5) is 29.2. The molecule has 35 heavy (non-hydrogen) atoms. The van der Waals surface area contributed by atoms with Crippen LogP contribution in [-0.4, -0.2) is 59.6 Å². The fraction of sp³-hybridized carbons (Fsp3) is 0.500. The van der Waals surface area contributed by atoms with Crippen molar-refractivity contribution < 1.29 is 22.8 Å². The van der Waals surface area contributed by atoms with E-state index in [2.05, 4.69) is 15.5 Å². The van der Waals surface area contributed by atoms with Gasteiger partial charge in [0.25, 0.3) is 5.91 Å². The summed E-state index contributed by atoms with van der Waals surface area (Å²) in [6.07, 6.45) is -1.72. The van der Waals surface area contributed by atoms with Gasteiger partial charge < -0.3 is 15.1 Å². The van der Waals surface area contributed by atoms with Gasteiger partial charge in [0.15, 0.2) is 0 Å². The van der Waals surface area contributed by atoms with Crippen molar-refractivity contribution in [2.75, 3.05) is 37.6 Å². The number of halogens is 3. The Morgan fingerprint density at radius 2 is 1.97 bits per heavy atom. The quantitative estimate of drug-likeness (QED) is 0.673. The standard InChI is InChI=1S/C24H27F3N6O2/c1-2-29-22(34)19-14-33(23(35)21-5-8-30-31-21)13-18(19)15-6-9-32(10-7-15)17-4-3-16(12-28)20(11-17)24(25,26)27/h3-5,8,11,15,18-19H,2,6-7,9-10,13-14H2,1H3,(H,29,34)(H,30,31)/t18-,19+/m0/s1. The first-order valence-electron chi connectivity index (χ1n) is 11.7. The lowest BCUT2D eigenvalue weighted by molar-refractivity contribution is -0.137. The number of aromatic nitrogens is 2. The molecular weight excluding hydrogens is 461 g/mol. The summed E-state index contributed by atoms with van der Waals surface area (Å²) in [6.45, 7) is 4.16. The lowest BCUT2D eigenvalue weighted by atomic mass is 9.78. The maximum Gasteiger partial charge on any atom is 0.417 e. The number of carbonyl (C=O) groups is 2. The SMILES string of the molecule is CCNC(=O)[C@@H]1CN(C(=O)c2ccn[nH]2)C[C@H]1C1CCN(c2ccc(C#N)c(C(F)(F)F)c2)CC1. The Morgan fingerprint density at radius 3 is 2.57 bits per heavy atom. The van der Waals surface area contributed by atoms with Crippen LogP contribution in [0.2, 0.25) is 0 Å². The van der Waals surface area contributed by atoms with E-state index in [1.54, 1.807) is 23.1 Å². The Hall–Kier alpha value is -3.55. The first-order valence-corrected chi connectivity index (χ1v) is 11.7. The predicted molar refractivity (Wildman–Crippen MR) is 121 cm³/mol. The summed E-state index contributed by atoms with van der Waals surface area (Å²) in [6, 6.07) is 7.01. The topological polar surface area (TPSA) is 105 Å². The molecule has 2 atom stereocenters. The summed E-state index contributed by atoms with van der Waals surface area (Å²) >= 11 is 0. The van der Waals surface area contributed by atoms with Crippen molar-refractivity contribution in [1.82, 2.24) is 20.4 Å². The minimum absolute atomic E-state index is 0.0396. The number of anilines is 1. The van der Waals surface area contributed by atoms with Crippen molar-refractivity contribution in [2.24, 2.45) is 17.8 Å². The number of carbonyl (C=O) groups excluding carboxylic acids is 2. The Balaban J connectivity index is 1.47. The molecule has 0 saturated carbocycles. The molecule has 2 aliphatic rings. The molecule has 8 nitrogen and oxygen atoms in total. The van der Waals surface area contributed by atoms with Crippen LogP contribution in [0.15, 0.2) is 30.5 Å². The van der Waals surface area contributed by atoms with Gasteiger partial charge in [-0.2, -0.15) is 23.5 Å². The van der Waals surface area contributed by atoms with E-state index in [0.717, 1.165) is 6.07 Å². The maximum absolute atomic E-state index is 13.4. The second-order valence-corrected chi connectivity index (χ2v) is 9.01. The van der Waals surface area contributed by atoms with Gasteiger partial charge in [0.1, 0.15) is 5.69 Å². The molecule has 0 bridgehead atoms. The van der Waals surface area contributed by atoms with Gasteiger partial charge in [-0.1, -0.05) is 0 Å². The van der Waals surface area contributed by atoms with Crippen LogP contribution >= 0.6 is 0 Å². The molecular formula is C24H27F3N6O2. The summed E-state index contributed by atoms with van der Waals surface area (Å²) in [5.74, 6) is -0.512. The summed E-state index contributed by atoms with van der Waals surface area (Å²) in [7, 11) is 0. The van der Waals surface area contributed by atoms with Crippen molar-refractivity contribution in [3.63, 3.8) is 0 Å². The fourth-order valence-corrected chi connectivity index (χ4v) is 5.25. The van der Waals surface area contributed by atoms with Crippen LogP contribution in [0, 0.1) is 29.1 Å². The van der Waals surface area contributed by atoms with Gasteiger partial charge in [-0.05, 0) is 55.9 Å². The molecule has 0 aliphatic carbocycles. The normalized spacial score (nSPS) is 21.1. The average Bonchev–Trinajstić information content (AvgIpc) is 3.54. The van der Waals surface area contributed by atoms with Crippen molar-refractivity contribution in [2.45, 2.75) is 25.9 Å². The van der Waals surface area contributed by atoms with Crippen LogP contribution in [0.1, 0.15) is 41.4 Å². The third-order valence-corrected chi connectivity index (χ3v) is 7.01. The van der Waals surface area contributed by atoms with Crippen LogP contribution in [0.4, 0.5) is 18.9 Å². The Kier molecular flexibility index (Phi) is 7.00. The number of hydrogen-bond acceptors (Lipinski definition) is 5. The predicted octanol–water partition coefficient (Wildman–Crippen LogP) is 3.04. The number of H-pyrrole nitrogens is 1. The van der Waals surface area contributed by atoms with Crippen LogP contribution in [-0.2, 0) is 11.0 Å². The molecule has 4 rings (SSSR count). The number of likely N-dealkylation sites (tertiary alicyclic amines) is 1. The number of piperidine rings is 1. The zero-order valence-electron chi connectivity index (χ0n) is 19.3. The van der Waals surface area contributed by atoms with Crippen LogP contribution in [0.3, 0.4) is 0 Å². The molecule has 3 heterocycles. The van der Waals surface area contributed by atoms with Gasteiger partial charge in [0.2, 0.25) is 5.91 Å². The van der Waals surface area contributed by atoms with Gasteiger partial charge >= 0.3 is 6.18 Å². The third kappa shape index (κ3) is 5.11. The van der Waals surface area contributed by atoms with Crippen LogP contribution < -0.4 is 10.2 Å². The number of nitrogens with one attached hydrogen (secondary N) is 2. The average molecular weight is 489 g/mol. The van der Waals surface area contributed by atoms with Gasteiger partial charge in [-0.25, -0.2) is 0 Å². The summed E-state index contributed by atoms with van der Waals surface area (Å²) in [5, 5.41) is 18.4. The lowest BCUT2D eigenvalue weighted by Gasteiger charge is -2.37. The van der Waals surface area contributed by atoms with Gasteiger partial charge in [-0.15, -0.1) is 0 Å². The second-order valence-electron chi connectivity index (χ2n) is 9.01. The van der Waals surface area contributed by atoms with E-state index in [1.807, 2.05) is 11.8 Å². The summed E-state index contributed by atoms with van der Waals surface area (Å²) < 4.78 is 40.2. The minimum atomic E-state index is -4.60. The Labute approximate surface area is 201 Å². The van der Waals surface area contributed by atoms with E-state index in [4.69, 9.17) is 5.26 Å². The van der Waals surface area contributed by atoms with Crippen molar-refractivity contribution in [3.8, 4) is 6.07 Å². The van der Waals surface area contributed by atoms with E-state index < -0.39 is 17.3 Å². The number of aromatic amines is 1. The van der Waals surface area contributed by atoms with E-state index in [1.165, 1.54) is 12.3 Å². The highest BCUT2D eigenvalue weighted by Gasteiger charge is 2.44. The molecule has 1 aromatic heterocycles. The fourth-order valence-electron chi connectivity index (χ4n) is 5.25. The smallest absolute Gasteiger partial charge is 0.372 e. The van der Waals surface area contributed by atoms with Crippen LogP contribution in [0.25, 0.3) is 0 Å². The molecule has 2 amide bonds. The molecule has 11 heteroatoms. The first-order chi connectivity index (χ1) is 16.7. The third-order valence-electron chi connectivity index (χ3n) is 7.01. The number of nitrogens with zero attached hydrogens (tertiary/aromatic N) is 4. The van der Waals surface area contributed by atoms with Crippen molar-refractivity contribution in [1.29, 1.82) is 5.26 Å².